The maximum Gasteiger partial charge on any atom is 0.551 e. The summed E-state index contributed by atoms with van der Waals surface area (Å²) < 4.78 is 50.6. The summed E-state index contributed by atoms with van der Waals surface area (Å²) in [5.41, 5.74) is 0. The Balaban J connectivity index is 3.60. The highest BCUT2D eigenvalue weighted by atomic mass is 28.5. The molecule has 178 valence electrons. The number of hydrogen-bond donors (Lipinski definition) is 0. The molecule has 1 saturated heterocycles. The third-order valence-corrected chi connectivity index (χ3v) is 20.8. The summed E-state index contributed by atoms with van der Waals surface area (Å²) in [5.74, 6) is -2.93. The van der Waals surface area contributed by atoms with Crippen LogP contribution in [-0.2, 0) is 57.5 Å². The van der Waals surface area contributed by atoms with Crippen LogP contribution in [0.15, 0.2) is 0 Å². The SMILES string of the molecule is CC(=O)O[Si]1(C)O[SiH](C)O[Si](C)(OC(C)=O)O[Si](C)(OC(C)=O)O[Si](C)(OC(C)=O)O1. The molecule has 4 atom stereocenters. The monoisotopic (exact) mass is 532 g/mol. The first-order valence-corrected chi connectivity index (χ1v) is 20.1. The topological polar surface area (TPSA) is 151 Å². The van der Waals surface area contributed by atoms with Crippen LogP contribution in [0, 0.1) is 0 Å². The summed E-state index contributed by atoms with van der Waals surface area (Å²) in [4.78, 5) is 47.0. The Hall–Kier alpha value is -1.24. The zero-order valence-electron chi connectivity index (χ0n) is 18.9. The van der Waals surface area contributed by atoms with E-state index in [1.54, 1.807) is 6.55 Å². The molecule has 0 aliphatic carbocycles. The highest BCUT2D eigenvalue weighted by Crippen LogP contribution is 2.30. The van der Waals surface area contributed by atoms with E-state index in [-0.39, 0.29) is 0 Å². The van der Waals surface area contributed by atoms with Crippen LogP contribution in [0.3, 0.4) is 0 Å². The van der Waals surface area contributed by atoms with Crippen molar-refractivity contribution >= 4 is 68.4 Å². The third kappa shape index (κ3) is 9.42. The maximum absolute atomic E-state index is 11.8. The maximum atomic E-state index is 11.8. The Kier molecular flexibility index (Phi) is 9.09. The van der Waals surface area contributed by atoms with Crippen LogP contribution in [0.4, 0.5) is 0 Å². The minimum Gasteiger partial charge on any atom is -0.474 e. The van der Waals surface area contributed by atoms with E-state index < -0.39 is 68.4 Å². The van der Waals surface area contributed by atoms with E-state index in [1.807, 2.05) is 0 Å². The summed E-state index contributed by atoms with van der Waals surface area (Å²) in [6, 6.07) is 0. The Labute approximate surface area is 186 Å². The van der Waals surface area contributed by atoms with Crippen molar-refractivity contribution in [3.8, 4) is 0 Å². The number of rotatable bonds is 4. The fourth-order valence-electron chi connectivity index (χ4n) is 2.94. The lowest BCUT2D eigenvalue weighted by Crippen LogP contribution is -2.68. The summed E-state index contributed by atoms with van der Waals surface area (Å²) >= 11 is 0. The van der Waals surface area contributed by atoms with Gasteiger partial charge in [0.1, 0.15) is 0 Å². The zero-order chi connectivity index (χ0) is 24.3. The minimum absolute atomic E-state index is 0.706. The summed E-state index contributed by atoms with van der Waals surface area (Å²) in [6.45, 7) is 11.6. The van der Waals surface area contributed by atoms with Crippen molar-refractivity contribution < 1.29 is 57.5 Å². The van der Waals surface area contributed by atoms with Gasteiger partial charge in [0.25, 0.3) is 23.9 Å². The van der Waals surface area contributed by atoms with Gasteiger partial charge in [0.15, 0.2) is 0 Å². The van der Waals surface area contributed by atoms with Gasteiger partial charge < -0.3 is 38.3 Å². The van der Waals surface area contributed by atoms with Gasteiger partial charge >= 0.3 is 44.5 Å². The molecule has 0 aromatic carbocycles. The van der Waals surface area contributed by atoms with Gasteiger partial charge in [0.05, 0.1) is 0 Å². The molecule has 1 heterocycles. The van der Waals surface area contributed by atoms with Gasteiger partial charge in [-0.3, -0.25) is 19.2 Å². The minimum atomic E-state index is -4.06. The highest BCUT2D eigenvalue weighted by Gasteiger charge is 2.63. The molecule has 0 radical (unpaired) electrons. The Bertz CT molecular complexity index is 681. The summed E-state index contributed by atoms with van der Waals surface area (Å²) in [7, 11) is -18.6. The molecule has 13 nitrogen and oxygen atoms in total. The molecule has 0 amide bonds. The number of hydrogen-bond acceptors (Lipinski definition) is 13. The molecule has 1 aliphatic rings. The number of carbonyl (C=O) groups is 4. The summed E-state index contributed by atoms with van der Waals surface area (Å²) in [6.07, 6.45) is 0. The van der Waals surface area contributed by atoms with Gasteiger partial charge in [0, 0.05) is 53.9 Å². The first kappa shape index (κ1) is 27.8. The van der Waals surface area contributed by atoms with Crippen LogP contribution in [0.25, 0.3) is 0 Å². The molecule has 1 rings (SSSR count). The molecule has 0 aromatic rings. The molecule has 18 heteroatoms. The first-order valence-electron chi connectivity index (χ1n) is 9.13. The van der Waals surface area contributed by atoms with Gasteiger partial charge in [-0.2, -0.15) is 0 Å². The lowest BCUT2D eigenvalue weighted by Gasteiger charge is -2.42. The van der Waals surface area contributed by atoms with Crippen molar-refractivity contribution in [3.63, 3.8) is 0 Å². The van der Waals surface area contributed by atoms with E-state index in [4.69, 9.17) is 38.3 Å². The highest BCUT2D eigenvalue weighted by molar-refractivity contribution is 6.87. The van der Waals surface area contributed by atoms with Crippen LogP contribution in [-0.4, -0.2) is 68.4 Å². The molecule has 0 saturated carbocycles. The average Bonchev–Trinajstić information content (AvgIpc) is 2.37. The quantitative estimate of drug-likeness (QED) is 0.461. The van der Waals surface area contributed by atoms with E-state index >= 15 is 0 Å². The molecule has 0 bridgehead atoms. The third-order valence-electron chi connectivity index (χ3n) is 3.19. The van der Waals surface area contributed by atoms with E-state index in [0.29, 0.717) is 0 Å². The molecule has 0 N–H and O–H groups in total. The summed E-state index contributed by atoms with van der Waals surface area (Å²) in [5, 5.41) is 0. The normalized spacial score (nSPS) is 36.6. The smallest absolute Gasteiger partial charge is 0.474 e. The van der Waals surface area contributed by atoms with Crippen molar-refractivity contribution in [1.29, 1.82) is 0 Å². The largest absolute Gasteiger partial charge is 0.551 e. The van der Waals surface area contributed by atoms with Gasteiger partial charge in [-0.1, -0.05) is 0 Å². The van der Waals surface area contributed by atoms with E-state index in [0.717, 1.165) is 27.7 Å². The fraction of sp³-hybridized carbons (Fsp3) is 0.692. The standard InChI is InChI=1S/C13H28O13Si5/c1-10(14)18-28(6)22-27(5)23-29(7,19-11(2)15)25-31(9,21-13(4)17)26-30(8,24-28)20-12(3)16/h27H,1-9H3. The van der Waals surface area contributed by atoms with Crippen molar-refractivity contribution in [1.82, 2.24) is 0 Å². The van der Waals surface area contributed by atoms with Crippen molar-refractivity contribution in [2.75, 3.05) is 0 Å². The molecule has 0 spiro atoms. The predicted octanol–water partition coefficient (Wildman–Crippen LogP) is 0.461. The van der Waals surface area contributed by atoms with Gasteiger partial charge in [-0.25, -0.2) is 0 Å². The molecule has 1 fully saturated rings. The fourth-order valence-corrected chi connectivity index (χ4v) is 22.3. The van der Waals surface area contributed by atoms with Gasteiger partial charge in [0.2, 0.25) is 0 Å². The Morgan fingerprint density at radius 3 is 1.03 bits per heavy atom. The van der Waals surface area contributed by atoms with E-state index in [2.05, 4.69) is 0 Å². The zero-order valence-corrected chi connectivity index (χ0v) is 24.0. The Morgan fingerprint density at radius 2 is 0.774 bits per heavy atom. The second kappa shape index (κ2) is 10.1. The van der Waals surface area contributed by atoms with Crippen LogP contribution >= 0.6 is 0 Å². The van der Waals surface area contributed by atoms with Crippen molar-refractivity contribution in [2.24, 2.45) is 0 Å². The average molecular weight is 533 g/mol. The Morgan fingerprint density at radius 1 is 0.548 bits per heavy atom. The molecule has 1 aliphatic heterocycles. The van der Waals surface area contributed by atoms with Gasteiger partial charge in [-0.05, 0) is 6.55 Å². The van der Waals surface area contributed by atoms with Crippen LogP contribution in [0.1, 0.15) is 27.7 Å². The van der Waals surface area contributed by atoms with Crippen molar-refractivity contribution in [2.45, 2.75) is 60.4 Å². The van der Waals surface area contributed by atoms with E-state index in [1.165, 1.54) is 26.2 Å². The van der Waals surface area contributed by atoms with Crippen LogP contribution < -0.4 is 0 Å². The number of carbonyl (C=O) groups excluding carboxylic acids is 4. The van der Waals surface area contributed by atoms with E-state index in [9.17, 15) is 19.2 Å². The lowest BCUT2D eigenvalue weighted by molar-refractivity contribution is -0.136. The predicted molar refractivity (Wildman–Crippen MR) is 112 cm³/mol. The second-order valence-corrected chi connectivity index (χ2v) is 20.1. The van der Waals surface area contributed by atoms with Crippen LogP contribution in [0.2, 0.25) is 32.7 Å². The van der Waals surface area contributed by atoms with Crippen LogP contribution in [0.5, 0.6) is 0 Å². The second-order valence-electron chi connectivity index (χ2n) is 6.93. The van der Waals surface area contributed by atoms with Gasteiger partial charge in [-0.15, -0.1) is 0 Å². The molecular weight excluding hydrogens is 505 g/mol. The lowest BCUT2D eigenvalue weighted by atomic mass is 10.9. The first-order chi connectivity index (χ1) is 13.9. The van der Waals surface area contributed by atoms with Crippen molar-refractivity contribution in [3.05, 3.63) is 0 Å². The molecule has 4 unspecified atom stereocenters. The molecule has 31 heavy (non-hydrogen) atoms. The molecule has 0 aromatic heterocycles. The molecular formula is C13H28O13Si5.